The zero-order chi connectivity index (χ0) is 22.3. The molecule has 2 aromatic rings. The van der Waals surface area contributed by atoms with E-state index in [9.17, 15) is 22.0 Å². The second kappa shape index (κ2) is 8.29. The number of ether oxygens (including phenoxy) is 1. The molecular formula is C22H24F2N2O4S. The fourth-order valence-electron chi connectivity index (χ4n) is 4.43. The van der Waals surface area contributed by atoms with Gasteiger partial charge in [0.15, 0.2) is 0 Å². The number of nitrogens with zero attached hydrogens (tertiary/aromatic N) is 1. The van der Waals surface area contributed by atoms with Crippen molar-refractivity contribution in [1.29, 1.82) is 0 Å². The number of benzene rings is 2. The van der Waals surface area contributed by atoms with Crippen LogP contribution in [0.1, 0.15) is 17.9 Å². The van der Waals surface area contributed by atoms with E-state index in [1.807, 2.05) is 0 Å². The van der Waals surface area contributed by atoms with Crippen molar-refractivity contribution in [3.8, 4) is 11.1 Å². The van der Waals surface area contributed by atoms with Gasteiger partial charge in [-0.05, 0) is 35.6 Å². The molecule has 1 aliphatic heterocycles. The minimum atomic E-state index is -3.44. The summed E-state index contributed by atoms with van der Waals surface area (Å²) in [6.45, 7) is 0.506. The zero-order valence-electron chi connectivity index (χ0n) is 17.2. The van der Waals surface area contributed by atoms with Gasteiger partial charge in [0.2, 0.25) is 15.9 Å². The normalized spacial score (nSPS) is 25.6. The number of hydrogen-bond donors (Lipinski definition) is 1. The Morgan fingerprint density at radius 1 is 1.10 bits per heavy atom. The van der Waals surface area contributed by atoms with Gasteiger partial charge in [-0.1, -0.05) is 30.3 Å². The van der Waals surface area contributed by atoms with E-state index in [1.165, 1.54) is 25.3 Å². The summed E-state index contributed by atoms with van der Waals surface area (Å²) in [6, 6.07) is 10.2. The summed E-state index contributed by atoms with van der Waals surface area (Å²) >= 11 is 0. The monoisotopic (exact) mass is 450 g/mol. The van der Waals surface area contributed by atoms with Crippen LogP contribution in [0.4, 0.5) is 8.78 Å². The third-order valence-electron chi connectivity index (χ3n) is 5.95. The minimum absolute atomic E-state index is 0.0887. The predicted molar refractivity (Wildman–Crippen MR) is 112 cm³/mol. The number of halogens is 2. The summed E-state index contributed by atoms with van der Waals surface area (Å²) in [6.07, 6.45) is 1.21. The molecule has 0 radical (unpaired) electrons. The third kappa shape index (κ3) is 4.49. The van der Waals surface area contributed by atoms with Crippen molar-refractivity contribution < 1.29 is 26.7 Å². The van der Waals surface area contributed by atoms with Crippen molar-refractivity contribution in [1.82, 2.24) is 9.62 Å². The number of rotatable bonds is 6. The second-order valence-corrected chi connectivity index (χ2v) is 9.93. The molecule has 2 aliphatic rings. The van der Waals surface area contributed by atoms with Gasteiger partial charge in [0.05, 0.1) is 24.0 Å². The highest BCUT2D eigenvalue weighted by molar-refractivity contribution is 7.88. The molecule has 1 saturated carbocycles. The molecule has 1 saturated heterocycles. The van der Waals surface area contributed by atoms with Gasteiger partial charge in [-0.3, -0.25) is 4.79 Å². The van der Waals surface area contributed by atoms with Crippen LogP contribution in [0.2, 0.25) is 0 Å². The van der Waals surface area contributed by atoms with Gasteiger partial charge < -0.3 is 9.64 Å². The van der Waals surface area contributed by atoms with Crippen molar-refractivity contribution in [2.24, 2.45) is 5.92 Å². The molecule has 31 heavy (non-hydrogen) atoms. The van der Waals surface area contributed by atoms with E-state index in [4.69, 9.17) is 4.74 Å². The molecule has 1 amide bonds. The van der Waals surface area contributed by atoms with Crippen LogP contribution in [0.3, 0.4) is 0 Å². The van der Waals surface area contributed by atoms with E-state index >= 15 is 0 Å². The van der Waals surface area contributed by atoms with E-state index in [-0.39, 0.29) is 36.4 Å². The smallest absolute Gasteiger partial charge is 0.226 e. The number of methoxy groups -OCH3 is 1. The summed E-state index contributed by atoms with van der Waals surface area (Å²) in [5.74, 6) is -1.86. The number of nitrogens with one attached hydrogen (secondary N) is 1. The Kier molecular flexibility index (Phi) is 5.85. The van der Waals surface area contributed by atoms with Crippen molar-refractivity contribution >= 4 is 15.9 Å². The number of sulfonamides is 1. The first kappa shape index (κ1) is 21.9. The molecule has 1 aliphatic carbocycles. The Hall–Kier alpha value is -2.36. The van der Waals surface area contributed by atoms with E-state index < -0.39 is 33.8 Å². The summed E-state index contributed by atoms with van der Waals surface area (Å²) in [4.78, 5) is 14.7. The molecule has 2 aromatic carbocycles. The third-order valence-corrected chi connectivity index (χ3v) is 6.68. The van der Waals surface area contributed by atoms with Crippen LogP contribution < -0.4 is 4.72 Å². The van der Waals surface area contributed by atoms with Gasteiger partial charge in [-0.25, -0.2) is 21.9 Å². The highest BCUT2D eigenvalue weighted by atomic mass is 32.2. The molecule has 0 spiro atoms. The van der Waals surface area contributed by atoms with Gasteiger partial charge in [-0.2, -0.15) is 0 Å². The first-order valence-electron chi connectivity index (χ1n) is 10.0. The van der Waals surface area contributed by atoms with Crippen LogP contribution in [0.25, 0.3) is 11.1 Å². The summed E-state index contributed by atoms with van der Waals surface area (Å²) < 4.78 is 59.8. The van der Waals surface area contributed by atoms with Crippen LogP contribution in [0, 0.1) is 17.6 Å². The molecule has 4 atom stereocenters. The van der Waals surface area contributed by atoms with Crippen LogP contribution in [-0.4, -0.2) is 57.8 Å². The highest BCUT2D eigenvalue weighted by Gasteiger charge is 2.49. The maximum Gasteiger partial charge on any atom is 0.226 e. The molecule has 6 nitrogen and oxygen atoms in total. The average Bonchev–Trinajstić information content (AvgIpc) is 3.40. The van der Waals surface area contributed by atoms with Crippen LogP contribution in [-0.2, 0) is 19.6 Å². The highest BCUT2D eigenvalue weighted by Crippen LogP contribution is 2.51. The van der Waals surface area contributed by atoms with Gasteiger partial charge in [0.1, 0.15) is 11.6 Å². The summed E-state index contributed by atoms with van der Waals surface area (Å²) in [5.41, 5.74) is 1.10. The molecular weight excluding hydrogens is 426 g/mol. The number of likely N-dealkylation sites (tertiary alicyclic amines) is 1. The van der Waals surface area contributed by atoms with Crippen molar-refractivity contribution in [3.05, 3.63) is 59.7 Å². The molecule has 1 N–H and O–H groups in total. The Morgan fingerprint density at radius 3 is 2.42 bits per heavy atom. The largest absolute Gasteiger partial charge is 0.378 e. The maximum atomic E-state index is 14.4. The molecule has 4 rings (SSSR count). The fourth-order valence-corrected chi connectivity index (χ4v) is 5.21. The summed E-state index contributed by atoms with van der Waals surface area (Å²) in [5, 5.41) is 0. The Morgan fingerprint density at radius 2 is 1.77 bits per heavy atom. The topological polar surface area (TPSA) is 75.7 Å². The Bertz CT molecular complexity index is 1090. The van der Waals surface area contributed by atoms with E-state index in [2.05, 4.69) is 4.72 Å². The van der Waals surface area contributed by atoms with Crippen molar-refractivity contribution in [3.63, 3.8) is 0 Å². The molecule has 166 valence electrons. The minimum Gasteiger partial charge on any atom is -0.378 e. The van der Waals surface area contributed by atoms with E-state index in [0.717, 1.165) is 11.8 Å². The number of carbonyl (C=O) groups excluding carboxylic acids is 1. The Labute approximate surface area is 180 Å². The fraction of sp³-hybridized carbons (Fsp3) is 0.409. The standard InChI is InChI=1S/C22H24F2N2O4S/c1-30-20-12-26(11-19(20)25-31(2,28)29)22(27)16-10-15(16)13-6-3-4-7-14(13)21-17(23)8-5-9-18(21)24/h3-9,15-16,19-20,25H,10-12H2,1-2H3/t15-,16+,19+,20-/m0/s1. The average molecular weight is 451 g/mol. The molecule has 0 aromatic heterocycles. The zero-order valence-corrected chi connectivity index (χ0v) is 18.0. The van der Waals surface area contributed by atoms with Gasteiger partial charge in [0.25, 0.3) is 0 Å². The molecule has 0 unspecified atom stereocenters. The van der Waals surface area contributed by atoms with E-state index in [0.29, 0.717) is 12.0 Å². The Balaban J connectivity index is 1.53. The lowest BCUT2D eigenvalue weighted by Gasteiger charge is -2.17. The quantitative estimate of drug-likeness (QED) is 0.734. The van der Waals surface area contributed by atoms with E-state index in [1.54, 1.807) is 29.2 Å². The van der Waals surface area contributed by atoms with Crippen LogP contribution in [0.5, 0.6) is 0 Å². The number of hydrogen-bond acceptors (Lipinski definition) is 4. The van der Waals surface area contributed by atoms with Gasteiger partial charge in [0, 0.05) is 26.1 Å². The van der Waals surface area contributed by atoms with Crippen LogP contribution in [0.15, 0.2) is 42.5 Å². The SMILES string of the molecule is CO[C@H]1CN(C(=O)[C@@H]2C[C@H]2c2ccccc2-c2c(F)cccc2F)C[C@H]1NS(C)(=O)=O. The van der Waals surface area contributed by atoms with Gasteiger partial charge in [-0.15, -0.1) is 0 Å². The predicted octanol–water partition coefficient (Wildman–Crippen LogP) is 2.51. The summed E-state index contributed by atoms with van der Waals surface area (Å²) in [7, 11) is -1.96. The van der Waals surface area contributed by atoms with Crippen molar-refractivity contribution in [2.75, 3.05) is 26.5 Å². The number of amides is 1. The molecule has 0 bridgehead atoms. The first-order valence-corrected chi connectivity index (χ1v) is 11.9. The lowest BCUT2D eigenvalue weighted by Crippen LogP contribution is -2.43. The molecule has 2 fully saturated rings. The number of carbonyl (C=O) groups is 1. The van der Waals surface area contributed by atoms with Gasteiger partial charge >= 0.3 is 0 Å². The first-order chi connectivity index (χ1) is 14.7. The van der Waals surface area contributed by atoms with Crippen LogP contribution >= 0.6 is 0 Å². The maximum absolute atomic E-state index is 14.4. The second-order valence-electron chi connectivity index (χ2n) is 8.15. The lowest BCUT2D eigenvalue weighted by atomic mass is 9.95. The molecule has 9 heteroatoms. The molecule has 1 heterocycles. The van der Waals surface area contributed by atoms with Crippen molar-refractivity contribution in [2.45, 2.75) is 24.5 Å². The lowest BCUT2D eigenvalue weighted by molar-refractivity contribution is -0.132.